The van der Waals surface area contributed by atoms with Crippen LogP contribution in [-0.4, -0.2) is 11.1 Å². The number of hydrogen-bond donors (Lipinski definition) is 1. The van der Waals surface area contributed by atoms with Gasteiger partial charge < -0.3 is 5.11 Å². The smallest absolute Gasteiger partial charge is 0.309 e. The number of fused-ring (bicyclic) bond motifs is 3. The standard InChI is InChI=1S/C20H30O2/c1-5-18(2)12-9-15-14(13-18)7-8-16-19(15,3)10-6-11-20(16,4)17(21)22/h5,9,14,16H,1,6-8,10-13H2,2-4H3,(H,21,22)/t14-,16-,18-,19-,20?/m0/s1. The van der Waals surface area contributed by atoms with E-state index in [1.165, 1.54) is 6.42 Å². The zero-order valence-electron chi connectivity index (χ0n) is 14.3. The maximum atomic E-state index is 11.9. The molecule has 2 heteroatoms. The van der Waals surface area contributed by atoms with Gasteiger partial charge in [0.25, 0.3) is 0 Å². The first-order valence-corrected chi connectivity index (χ1v) is 8.83. The second-order valence-corrected chi connectivity index (χ2v) is 8.75. The van der Waals surface area contributed by atoms with E-state index in [-0.39, 0.29) is 10.8 Å². The molecule has 3 aliphatic rings. The number of carboxylic acid groups (broad SMARTS) is 1. The summed E-state index contributed by atoms with van der Waals surface area (Å²) in [7, 11) is 0. The highest BCUT2D eigenvalue weighted by atomic mass is 16.4. The highest BCUT2D eigenvalue weighted by Gasteiger charge is 2.57. The van der Waals surface area contributed by atoms with Crippen molar-refractivity contribution in [2.75, 3.05) is 0 Å². The van der Waals surface area contributed by atoms with E-state index in [9.17, 15) is 9.90 Å². The first-order valence-electron chi connectivity index (χ1n) is 8.83. The summed E-state index contributed by atoms with van der Waals surface area (Å²) in [6.07, 6.45) is 12.1. The van der Waals surface area contributed by atoms with E-state index in [4.69, 9.17) is 0 Å². The molecule has 0 spiro atoms. The molecule has 0 aromatic heterocycles. The third-order valence-corrected chi connectivity index (χ3v) is 7.32. The Balaban J connectivity index is 1.99. The molecule has 2 saturated carbocycles. The van der Waals surface area contributed by atoms with Gasteiger partial charge in [-0.3, -0.25) is 4.79 Å². The van der Waals surface area contributed by atoms with Crippen LogP contribution < -0.4 is 0 Å². The molecular weight excluding hydrogens is 272 g/mol. The van der Waals surface area contributed by atoms with Crippen LogP contribution in [0.5, 0.6) is 0 Å². The van der Waals surface area contributed by atoms with Crippen LogP contribution in [-0.2, 0) is 4.79 Å². The topological polar surface area (TPSA) is 37.3 Å². The Bertz CT molecular complexity index is 534. The third kappa shape index (κ3) is 2.10. The van der Waals surface area contributed by atoms with Gasteiger partial charge in [-0.2, -0.15) is 0 Å². The van der Waals surface area contributed by atoms with E-state index < -0.39 is 11.4 Å². The van der Waals surface area contributed by atoms with Crippen molar-refractivity contribution in [2.45, 2.75) is 65.7 Å². The number of rotatable bonds is 2. The van der Waals surface area contributed by atoms with Crippen LogP contribution in [0.1, 0.15) is 65.7 Å². The lowest BCUT2D eigenvalue weighted by Gasteiger charge is -2.58. The molecule has 0 saturated heterocycles. The van der Waals surface area contributed by atoms with Crippen LogP contribution in [0, 0.1) is 28.1 Å². The Labute approximate surface area is 134 Å². The highest BCUT2D eigenvalue weighted by molar-refractivity contribution is 5.75. The maximum absolute atomic E-state index is 11.9. The predicted octanol–water partition coefficient (Wildman–Crippen LogP) is 5.21. The van der Waals surface area contributed by atoms with Crippen molar-refractivity contribution in [3.63, 3.8) is 0 Å². The van der Waals surface area contributed by atoms with E-state index in [0.29, 0.717) is 11.8 Å². The van der Waals surface area contributed by atoms with Crippen LogP contribution in [0.2, 0.25) is 0 Å². The monoisotopic (exact) mass is 302 g/mol. The summed E-state index contributed by atoms with van der Waals surface area (Å²) >= 11 is 0. The number of carboxylic acids is 1. The molecule has 3 rings (SSSR count). The third-order valence-electron chi connectivity index (χ3n) is 7.32. The number of carbonyl (C=O) groups is 1. The minimum absolute atomic E-state index is 0.0941. The molecule has 0 aliphatic heterocycles. The number of allylic oxidation sites excluding steroid dienone is 3. The molecule has 0 bridgehead atoms. The van der Waals surface area contributed by atoms with Crippen molar-refractivity contribution >= 4 is 5.97 Å². The second kappa shape index (κ2) is 4.97. The van der Waals surface area contributed by atoms with Crippen molar-refractivity contribution in [2.24, 2.45) is 28.1 Å². The molecular formula is C20H30O2. The minimum atomic E-state index is -0.589. The van der Waals surface area contributed by atoms with E-state index in [2.05, 4.69) is 32.6 Å². The summed E-state index contributed by atoms with van der Waals surface area (Å²) in [4.78, 5) is 11.9. The lowest BCUT2D eigenvalue weighted by atomic mass is 9.46. The maximum Gasteiger partial charge on any atom is 0.309 e. The van der Waals surface area contributed by atoms with E-state index in [1.54, 1.807) is 5.57 Å². The summed E-state index contributed by atoms with van der Waals surface area (Å²) in [5, 5.41) is 9.84. The lowest BCUT2D eigenvalue weighted by Crippen LogP contribution is -2.52. The Morgan fingerprint density at radius 2 is 2.05 bits per heavy atom. The van der Waals surface area contributed by atoms with Gasteiger partial charge in [0.1, 0.15) is 0 Å². The number of aliphatic carboxylic acids is 1. The zero-order valence-corrected chi connectivity index (χ0v) is 14.3. The Morgan fingerprint density at radius 3 is 2.68 bits per heavy atom. The Kier molecular flexibility index (Phi) is 3.58. The summed E-state index contributed by atoms with van der Waals surface area (Å²) in [6.45, 7) is 10.7. The van der Waals surface area contributed by atoms with Gasteiger partial charge in [-0.1, -0.05) is 38.0 Å². The molecule has 22 heavy (non-hydrogen) atoms. The van der Waals surface area contributed by atoms with E-state index in [1.807, 2.05) is 6.92 Å². The molecule has 0 amide bonds. The van der Waals surface area contributed by atoms with Gasteiger partial charge in [-0.05, 0) is 68.1 Å². The average molecular weight is 302 g/mol. The van der Waals surface area contributed by atoms with E-state index >= 15 is 0 Å². The molecule has 2 nitrogen and oxygen atoms in total. The molecule has 0 heterocycles. The molecule has 1 N–H and O–H groups in total. The van der Waals surface area contributed by atoms with Gasteiger partial charge in [-0.15, -0.1) is 6.58 Å². The van der Waals surface area contributed by atoms with Gasteiger partial charge >= 0.3 is 5.97 Å². The van der Waals surface area contributed by atoms with Gasteiger partial charge in [0.15, 0.2) is 0 Å². The summed E-state index contributed by atoms with van der Waals surface area (Å²) in [5.74, 6) is 0.338. The zero-order chi connectivity index (χ0) is 16.2. The van der Waals surface area contributed by atoms with Crippen LogP contribution in [0.15, 0.2) is 24.3 Å². The van der Waals surface area contributed by atoms with Crippen LogP contribution in [0.25, 0.3) is 0 Å². The van der Waals surface area contributed by atoms with Crippen molar-refractivity contribution in [1.82, 2.24) is 0 Å². The van der Waals surface area contributed by atoms with Gasteiger partial charge in [0, 0.05) is 0 Å². The molecule has 0 aromatic carbocycles. The SMILES string of the molecule is C=C[C@@]1(C)CC=C2[C@@H](CC[C@@H]3C(C)(C(=O)O)CCC[C@@]23C)C1. The highest BCUT2D eigenvalue weighted by Crippen LogP contribution is 2.63. The largest absolute Gasteiger partial charge is 0.481 e. The van der Waals surface area contributed by atoms with Crippen molar-refractivity contribution < 1.29 is 9.90 Å². The molecule has 0 aromatic rings. The summed E-state index contributed by atoms with van der Waals surface area (Å²) in [6, 6.07) is 0. The Hall–Kier alpha value is -1.05. The summed E-state index contributed by atoms with van der Waals surface area (Å²) < 4.78 is 0. The van der Waals surface area contributed by atoms with Crippen molar-refractivity contribution in [3.8, 4) is 0 Å². The minimum Gasteiger partial charge on any atom is -0.481 e. The van der Waals surface area contributed by atoms with Crippen LogP contribution >= 0.6 is 0 Å². The normalized spacial score (nSPS) is 47.9. The lowest BCUT2D eigenvalue weighted by molar-refractivity contribution is -0.160. The fourth-order valence-corrected chi connectivity index (χ4v) is 5.87. The molecule has 2 fully saturated rings. The van der Waals surface area contributed by atoms with Crippen LogP contribution in [0.3, 0.4) is 0 Å². The van der Waals surface area contributed by atoms with Gasteiger partial charge in [0.05, 0.1) is 5.41 Å². The molecule has 1 unspecified atom stereocenters. The first-order chi connectivity index (χ1) is 10.3. The van der Waals surface area contributed by atoms with Gasteiger partial charge in [-0.25, -0.2) is 0 Å². The number of hydrogen-bond acceptors (Lipinski definition) is 1. The molecule has 5 atom stereocenters. The molecule has 0 radical (unpaired) electrons. The first kappa shape index (κ1) is 15.8. The van der Waals surface area contributed by atoms with Crippen LogP contribution in [0.4, 0.5) is 0 Å². The molecule has 122 valence electrons. The van der Waals surface area contributed by atoms with Crippen molar-refractivity contribution in [1.29, 1.82) is 0 Å². The predicted molar refractivity (Wildman–Crippen MR) is 89.5 cm³/mol. The molecule has 3 aliphatic carbocycles. The fourth-order valence-electron chi connectivity index (χ4n) is 5.87. The van der Waals surface area contributed by atoms with Gasteiger partial charge in [0.2, 0.25) is 0 Å². The average Bonchev–Trinajstić information content (AvgIpc) is 2.46. The Morgan fingerprint density at radius 1 is 1.32 bits per heavy atom. The second-order valence-electron chi connectivity index (χ2n) is 8.75. The fraction of sp³-hybridized carbons (Fsp3) is 0.750. The summed E-state index contributed by atoms with van der Waals surface area (Å²) in [5.41, 5.74) is 1.35. The van der Waals surface area contributed by atoms with E-state index in [0.717, 1.165) is 38.5 Å². The quantitative estimate of drug-likeness (QED) is 0.711. The van der Waals surface area contributed by atoms with Crippen molar-refractivity contribution in [3.05, 3.63) is 24.3 Å².